The van der Waals surface area contributed by atoms with Gasteiger partial charge >= 0.3 is 0 Å². The van der Waals surface area contributed by atoms with Crippen molar-refractivity contribution in [3.05, 3.63) is 66.0 Å². The molecule has 0 unspecified atom stereocenters. The van der Waals surface area contributed by atoms with Crippen LogP contribution in [0.5, 0.6) is 0 Å². The number of carbonyl (C=O) groups excluding carboxylic acids is 1. The zero-order valence-corrected chi connectivity index (χ0v) is 21.8. The van der Waals surface area contributed by atoms with E-state index in [0.717, 1.165) is 29.8 Å². The number of rotatable bonds is 18. The van der Waals surface area contributed by atoms with Crippen LogP contribution in [0.3, 0.4) is 0 Å². The summed E-state index contributed by atoms with van der Waals surface area (Å²) in [5.74, 6) is 0.880. The van der Waals surface area contributed by atoms with Crippen LogP contribution in [0.25, 0.3) is 11.0 Å². The SMILES string of the molecule is CCCCCCCCCCCCCCCCn1c(CNC(=O)c2ccccc2)nc2ccccc21. The van der Waals surface area contributed by atoms with E-state index in [4.69, 9.17) is 4.98 Å². The van der Waals surface area contributed by atoms with Crippen LogP contribution < -0.4 is 5.32 Å². The van der Waals surface area contributed by atoms with Crippen molar-refractivity contribution < 1.29 is 4.79 Å². The van der Waals surface area contributed by atoms with Gasteiger partial charge in [-0.1, -0.05) is 121 Å². The van der Waals surface area contributed by atoms with Crippen LogP contribution in [-0.2, 0) is 13.1 Å². The predicted molar refractivity (Wildman–Crippen MR) is 148 cm³/mol. The summed E-state index contributed by atoms with van der Waals surface area (Å²) in [6, 6.07) is 17.7. The van der Waals surface area contributed by atoms with Crippen molar-refractivity contribution in [1.82, 2.24) is 14.9 Å². The molecule has 0 radical (unpaired) electrons. The lowest BCUT2D eigenvalue weighted by atomic mass is 10.0. The van der Waals surface area contributed by atoms with Crippen molar-refractivity contribution in [2.45, 2.75) is 110 Å². The van der Waals surface area contributed by atoms with E-state index in [-0.39, 0.29) is 5.91 Å². The molecule has 0 aliphatic carbocycles. The number of nitrogens with zero attached hydrogens (tertiary/aromatic N) is 2. The topological polar surface area (TPSA) is 46.9 Å². The van der Waals surface area contributed by atoms with Crippen LogP contribution >= 0.6 is 0 Å². The van der Waals surface area contributed by atoms with Gasteiger partial charge in [0.25, 0.3) is 5.91 Å². The Kier molecular flexibility index (Phi) is 12.4. The van der Waals surface area contributed by atoms with E-state index in [1.54, 1.807) is 0 Å². The highest BCUT2D eigenvalue weighted by Crippen LogP contribution is 2.18. The van der Waals surface area contributed by atoms with Gasteiger partial charge in [-0.05, 0) is 30.7 Å². The molecule has 1 N–H and O–H groups in total. The first kappa shape index (κ1) is 27.0. The number of fused-ring (bicyclic) bond motifs is 1. The lowest BCUT2D eigenvalue weighted by Gasteiger charge is -2.10. The van der Waals surface area contributed by atoms with Gasteiger partial charge in [-0.2, -0.15) is 0 Å². The summed E-state index contributed by atoms with van der Waals surface area (Å²) in [6.07, 6.45) is 19.1. The van der Waals surface area contributed by atoms with Crippen LogP contribution in [0.15, 0.2) is 54.6 Å². The van der Waals surface area contributed by atoms with E-state index in [1.165, 1.54) is 83.5 Å². The third-order valence-corrected chi connectivity index (χ3v) is 6.91. The van der Waals surface area contributed by atoms with Gasteiger partial charge in [0.15, 0.2) is 0 Å². The molecule has 3 aromatic rings. The van der Waals surface area contributed by atoms with E-state index in [9.17, 15) is 4.79 Å². The normalized spacial score (nSPS) is 11.2. The summed E-state index contributed by atoms with van der Waals surface area (Å²) in [4.78, 5) is 17.3. The molecule has 0 atom stereocenters. The van der Waals surface area contributed by atoms with Crippen molar-refractivity contribution in [2.75, 3.05) is 0 Å². The molecule has 4 nitrogen and oxygen atoms in total. The molecule has 0 aliphatic heterocycles. The minimum Gasteiger partial charge on any atom is -0.345 e. The first-order chi connectivity index (χ1) is 17.3. The Bertz CT molecular complexity index is 979. The molecule has 3 rings (SSSR count). The number of imidazole rings is 1. The molecule has 1 heterocycles. The van der Waals surface area contributed by atoms with Gasteiger partial charge in [0.05, 0.1) is 17.6 Å². The number of unbranched alkanes of at least 4 members (excludes halogenated alkanes) is 13. The Balaban J connectivity index is 1.34. The quantitative estimate of drug-likeness (QED) is 0.188. The van der Waals surface area contributed by atoms with Crippen molar-refractivity contribution in [1.29, 1.82) is 0 Å². The van der Waals surface area contributed by atoms with Crippen molar-refractivity contribution >= 4 is 16.9 Å². The smallest absolute Gasteiger partial charge is 0.251 e. The summed E-state index contributed by atoms with van der Waals surface area (Å²) in [7, 11) is 0. The minimum absolute atomic E-state index is 0.0549. The fourth-order valence-electron chi connectivity index (χ4n) is 4.83. The molecular weight excluding hydrogens is 430 g/mol. The Hall–Kier alpha value is -2.62. The Morgan fingerprint density at radius 3 is 1.89 bits per heavy atom. The van der Waals surface area contributed by atoms with Gasteiger partial charge in [-0.15, -0.1) is 0 Å². The highest BCUT2D eigenvalue weighted by atomic mass is 16.1. The molecular formula is C31H45N3O. The molecule has 1 aromatic heterocycles. The molecule has 0 saturated heterocycles. The van der Waals surface area contributed by atoms with Crippen LogP contribution in [-0.4, -0.2) is 15.5 Å². The second-order valence-electron chi connectivity index (χ2n) is 9.81. The zero-order chi connectivity index (χ0) is 24.6. The number of amides is 1. The lowest BCUT2D eigenvalue weighted by molar-refractivity contribution is 0.0949. The highest BCUT2D eigenvalue weighted by Gasteiger charge is 2.12. The fourth-order valence-corrected chi connectivity index (χ4v) is 4.83. The van der Waals surface area contributed by atoms with Crippen molar-refractivity contribution in [3.8, 4) is 0 Å². The molecule has 35 heavy (non-hydrogen) atoms. The first-order valence-corrected chi connectivity index (χ1v) is 14.1. The van der Waals surface area contributed by atoms with E-state index in [0.29, 0.717) is 12.1 Å². The molecule has 0 aliphatic rings. The number of aromatic nitrogens is 2. The number of carbonyl (C=O) groups is 1. The van der Waals surface area contributed by atoms with Crippen LogP contribution in [0.4, 0.5) is 0 Å². The number of nitrogens with one attached hydrogen (secondary N) is 1. The predicted octanol–water partition coefficient (Wildman–Crippen LogP) is 8.45. The van der Waals surface area contributed by atoms with Gasteiger partial charge in [0.2, 0.25) is 0 Å². The Morgan fingerprint density at radius 2 is 1.26 bits per heavy atom. The van der Waals surface area contributed by atoms with Gasteiger partial charge in [-0.25, -0.2) is 4.98 Å². The average molecular weight is 476 g/mol. The third-order valence-electron chi connectivity index (χ3n) is 6.91. The summed E-state index contributed by atoms with van der Waals surface area (Å²) in [6.45, 7) is 3.68. The largest absolute Gasteiger partial charge is 0.345 e. The van der Waals surface area contributed by atoms with Crippen LogP contribution in [0.2, 0.25) is 0 Å². The summed E-state index contributed by atoms with van der Waals surface area (Å²) >= 11 is 0. The summed E-state index contributed by atoms with van der Waals surface area (Å²) in [5.41, 5.74) is 2.84. The molecule has 0 spiro atoms. The zero-order valence-electron chi connectivity index (χ0n) is 21.8. The number of para-hydroxylation sites is 2. The number of hydrogen-bond acceptors (Lipinski definition) is 2. The Morgan fingerprint density at radius 1 is 0.714 bits per heavy atom. The fraction of sp³-hybridized carbons (Fsp3) is 0.548. The maximum atomic E-state index is 12.5. The average Bonchev–Trinajstić information content (AvgIpc) is 3.25. The second-order valence-corrected chi connectivity index (χ2v) is 9.81. The number of aryl methyl sites for hydroxylation is 1. The lowest BCUT2D eigenvalue weighted by Crippen LogP contribution is -2.24. The molecule has 190 valence electrons. The number of hydrogen-bond donors (Lipinski definition) is 1. The van der Waals surface area contributed by atoms with E-state index in [2.05, 4.69) is 35.0 Å². The van der Waals surface area contributed by atoms with E-state index >= 15 is 0 Å². The molecule has 1 amide bonds. The monoisotopic (exact) mass is 475 g/mol. The standard InChI is InChI=1S/C31H45N3O/c1-2-3-4-5-6-7-8-9-10-11-12-13-14-20-25-34-29-24-19-18-23-28(29)33-30(34)26-32-31(35)27-21-16-15-17-22-27/h15-19,21-24H,2-14,20,25-26H2,1H3,(H,32,35). The minimum atomic E-state index is -0.0549. The first-order valence-electron chi connectivity index (χ1n) is 14.1. The summed E-state index contributed by atoms with van der Waals surface area (Å²) in [5, 5.41) is 3.05. The highest BCUT2D eigenvalue weighted by molar-refractivity contribution is 5.94. The summed E-state index contributed by atoms with van der Waals surface area (Å²) < 4.78 is 2.29. The third kappa shape index (κ3) is 9.51. The second kappa shape index (κ2) is 16.1. The van der Waals surface area contributed by atoms with Crippen LogP contribution in [0, 0.1) is 0 Å². The van der Waals surface area contributed by atoms with Crippen molar-refractivity contribution in [2.24, 2.45) is 0 Å². The van der Waals surface area contributed by atoms with Crippen molar-refractivity contribution in [3.63, 3.8) is 0 Å². The molecule has 2 aromatic carbocycles. The van der Waals surface area contributed by atoms with E-state index in [1.807, 2.05) is 36.4 Å². The van der Waals surface area contributed by atoms with E-state index < -0.39 is 0 Å². The molecule has 4 heteroatoms. The maximum absolute atomic E-state index is 12.5. The van der Waals surface area contributed by atoms with Gasteiger partial charge in [-0.3, -0.25) is 4.79 Å². The molecule has 0 saturated carbocycles. The van der Waals surface area contributed by atoms with Gasteiger partial charge in [0.1, 0.15) is 5.82 Å². The molecule has 0 bridgehead atoms. The maximum Gasteiger partial charge on any atom is 0.251 e. The Labute approximate surface area is 212 Å². The van der Waals surface area contributed by atoms with Crippen LogP contribution in [0.1, 0.15) is 113 Å². The van der Waals surface area contributed by atoms with Gasteiger partial charge < -0.3 is 9.88 Å². The molecule has 0 fully saturated rings. The van der Waals surface area contributed by atoms with Gasteiger partial charge in [0, 0.05) is 12.1 Å². The number of benzene rings is 2.